The summed E-state index contributed by atoms with van der Waals surface area (Å²) >= 11 is 3.30. The van der Waals surface area contributed by atoms with E-state index in [-0.39, 0.29) is 11.8 Å². The van der Waals surface area contributed by atoms with Crippen molar-refractivity contribution >= 4 is 27.7 Å². The van der Waals surface area contributed by atoms with Crippen LogP contribution in [0.1, 0.15) is 28.8 Å². The predicted octanol–water partition coefficient (Wildman–Crippen LogP) is 3.90. The van der Waals surface area contributed by atoms with Gasteiger partial charge in [0.25, 0.3) is 5.91 Å². The van der Waals surface area contributed by atoms with Crippen molar-refractivity contribution in [1.29, 1.82) is 0 Å². The van der Waals surface area contributed by atoms with Crippen LogP contribution in [0, 0.1) is 5.82 Å². The fourth-order valence-electron chi connectivity index (χ4n) is 3.24. The van der Waals surface area contributed by atoms with E-state index in [4.69, 9.17) is 0 Å². The number of aryl methyl sites for hydroxylation is 1. The van der Waals surface area contributed by atoms with E-state index in [1.54, 1.807) is 4.90 Å². The van der Waals surface area contributed by atoms with Crippen LogP contribution in [-0.4, -0.2) is 47.8 Å². The molecule has 0 radical (unpaired) electrons. The van der Waals surface area contributed by atoms with Crippen molar-refractivity contribution < 1.29 is 14.0 Å². The Morgan fingerprint density at radius 1 is 0.963 bits per heavy atom. The average molecular weight is 433 g/mol. The van der Waals surface area contributed by atoms with Crippen molar-refractivity contribution in [3.8, 4) is 0 Å². The van der Waals surface area contributed by atoms with Gasteiger partial charge < -0.3 is 9.80 Å². The van der Waals surface area contributed by atoms with Gasteiger partial charge in [0.1, 0.15) is 5.82 Å². The molecule has 0 aromatic heterocycles. The molecule has 2 aromatic carbocycles. The molecule has 2 amide bonds. The molecule has 1 fully saturated rings. The van der Waals surface area contributed by atoms with Crippen LogP contribution >= 0.6 is 15.9 Å². The Morgan fingerprint density at radius 2 is 1.63 bits per heavy atom. The summed E-state index contributed by atoms with van der Waals surface area (Å²) in [6.45, 7) is 1.96. The van der Waals surface area contributed by atoms with Crippen LogP contribution in [0.4, 0.5) is 4.39 Å². The Labute approximate surface area is 167 Å². The van der Waals surface area contributed by atoms with Crippen molar-refractivity contribution in [3.05, 3.63) is 69.9 Å². The predicted molar refractivity (Wildman–Crippen MR) is 106 cm³/mol. The molecule has 3 rings (SSSR count). The monoisotopic (exact) mass is 432 g/mol. The van der Waals surface area contributed by atoms with Gasteiger partial charge in [-0.05, 0) is 52.5 Å². The fourth-order valence-corrected chi connectivity index (χ4v) is 3.65. The minimum absolute atomic E-state index is 0.130. The van der Waals surface area contributed by atoms with Crippen LogP contribution in [0.15, 0.2) is 53.0 Å². The van der Waals surface area contributed by atoms with Crippen LogP contribution in [0.3, 0.4) is 0 Å². The Balaban J connectivity index is 1.47. The van der Waals surface area contributed by atoms with E-state index in [2.05, 4.69) is 28.1 Å². The third-order valence-corrected chi connectivity index (χ3v) is 5.47. The Morgan fingerprint density at radius 3 is 2.33 bits per heavy atom. The van der Waals surface area contributed by atoms with E-state index >= 15 is 0 Å². The summed E-state index contributed by atoms with van der Waals surface area (Å²) in [7, 11) is 0. The molecular formula is C21H22BrFN2O2. The number of hydrogen-bond donors (Lipinski definition) is 0. The van der Waals surface area contributed by atoms with Crippen LogP contribution in [0.25, 0.3) is 0 Å². The zero-order valence-corrected chi connectivity index (χ0v) is 16.6. The first-order valence-electron chi connectivity index (χ1n) is 9.10. The van der Waals surface area contributed by atoms with E-state index in [0.717, 1.165) is 12.8 Å². The lowest BCUT2D eigenvalue weighted by molar-refractivity contribution is -0.132. The summed E-state index contributed by atoms with van der Waals surface area (Å²) in [5.74, 6) is -0.517. The van der Waals surface area contributed by atoms with Gasteiger partial charge >= 0.3 is 0 Å². The second-order valence-electron chi connectivity index (χ2n) is 6.64. The number of carbonyl (C=O) groups is 2. The van der Waals surface area contributed by atoms with Crippen LogP contribution in [0.5, 0.6) is 0 Å². The first-order chi connectivity index (χ1) is 13.0. The van der Waals surface area contributed by atoms with Gasteiger partial charge in [-0.25, -0.2) is 4.39 Å². The third-order valence-electron chi connectivity index (χ3n) is 4.78. The van der Waals surface area contributed by atoms with Crippen molar-refractivity contribution in [3.63, 3.8) is 0 Å². The van der Waals surface area contributed by atoms with Crippen molar-refractivity contribution in [2.24, 2.45) is 0 Å². The zero-order chi connectivity index (χ0) is 19.2. The van der Waals surface area contributed by atoms with E-state index < -0.39 is 5.82 Å². The number of nitrogens with zero attached hydrogens (tertiary/aromatic N) is 2. The number of benzene rings is 2. The second-order valence-corrected chi connectivity index (χ2v) is 7.49. The lowest BCUT2D eigenvalue weighted by Crippen LogP contribution is -2.50. The molecule has 6 heteroatoms. The minimum atomic E-state index is -0.436. The summed E-state index contributed by atoms with van der Waals surface area (Å²) in [4.78, 5) is 28.5. The lowest BCUT2D eigenvalue weighted by atomic mass is 10.1. The van der Waals surface area contributed by atoms with Gasteiger partial charge in [-0.3, -0.25) is 9.59 Å². The van der Waals surface area contributed by atoms with Gasteiger partial charge in [0.15, 0.2) is 0 Å². The normalized spacial score (nSPS) is 14.3. The Kier molecular flexibility index (Phi) is 6.61. The molecule has 0 unspecified atom stereocenters. The molecule has 0 aliphatic carbocycles. The Bertz CT molecular complexity index is 805. The maximum atomic E-state index is 13.4. The number of piperazine rings is 1. The van der Waals surface area contributed by atoms with Crippen LogP contribution < -0.4 is 0 Å². The van der Waals surface area contributed by atoms with Crippen LogP contribution in [0.2, 0.25) is 0 Å². The van der Waals surface area contributed by atoms with E-state index in [1.807, 2.05) is 23.1 Å². The van der Waals surface area contributed by atoms with E-state index in [1.165, 1.54) is 23.8 Å². The number of halogens is 2. The summed E-state index contributed by atoms with van der Waals surface area (Å²) in [5.41, 5.74) is 1.55. The third kappa shape index (κ3) is 5.16. The number of carbonyl (C=O) groups excluding carboxylic acids is 2. The highest BCUT2D eigenvalue weighted by molar-refractivity contribution is 9.10. The maximum absolute atomic E-state index is 13.4. The second kappa shape index (κ2) is 9.13. The molecule has 0 bridgehead atoms. The Hall–Kier alpha value is -2.21. The smallest absolute Gasteiger partial charge is 0.255 e. The van der Waals surface area contributed by atoms with Gasteiger partial charge in [0, 0.05) is 37.1 Å². The fraction of sp³-hybridized carbons (Fsp3) is 0.333. The molecule has 4 nitrogen and oxygen atoms in total. The summed E-state index contributed by atoms with van der Waals surface area (Å²) in [6.07, 6.45) is 2.22. The lowest BCUT2D eigenvalue weighted by Gasteiger charge is -2.35. The van der Waals surface area contributed by atoms with Gasteiger partial charge in [-0.2, -0.15) is 0 Å². The topological polar surface area (TPSA) is 40.6 Å². The van der Waals surface area contributed by atoms with Crippen molar-refractivity contribution in [1.82, 2.24) is 9.80 Å². The van der Waals surface area contributed by atoms with Crippen molar-refractivity contribution in [2.45, 2.75) is 19.3 Å². The molecule has 2 aromatic rings. The summed E-state index contributed by atoms with van der Waals surface area (Å²) in [5, 5.41) is 0. The molecule has 27 heavy (non-hydrogen) atoms. The zero-order valence-electron chi connectivity index (χ0n) is 15.0. The number of rotatable bonds is 5. The van der Waals surface area contributed by atoms with E-state index in [9.17, 15) is 14.0 Å². The molecule has 1 aliphatic rings. The quantitative estimate of drug-likeness (QED) is 0.718. The van der Waals surface area contributed by atoms with E-state index in [0.29, 0.717) is 42.6 Å². The molecular weight excluding hydrogens is 411 g/mol. The minimum Gasteiger partial charge on any atom is -0.339 e. The highest BCUT2D eigenvalue weighted by Gasteiger charge is 2.25. The number of amides is 2. The van der Waals surface area contributed by atoms with Crippen LogP contribution in [-0.2, 0) is 11.2 Å². The molecule has 1 heterocycles. The van der Waals surface area contributed by atoms with Gasteiger partial charge in [0.2, 0.25) is 5.91 Å². The summed E-state index contributed by atoms with van der Waals surface area (Å²) in [6, 6.07) is 14.2. The standard InChI is InChI=1S/C21H22BrFN2O2/c22-19-10-9-17(23)15-18(19)21(27)25-13-11-24(12-14-25)20(26)8-4-7-16-5-2-1-3-6-16/h1-3,5-6,9-10,15H,4,7-8,11-14H2. The van der Waals surface area contributed by atoms with Gasteiger partial charge in [-0.15, -0.1) is 0 Å². The van der Waals surface area contributed by atoms with Gasteiger partial charge in [0.05, 0.1) is 5.56 Å². The molecule has 0 saturated carbocycles. The highest BCUT2D eigenvalue weighted by Crippen LogP contribution is 2.20. The molecule has 142 valence electrons. The molecule has 0 spiro atoms. The molecule has 0 atom stereocenters. The molecule has 0 N–H and O–H groups in total. The first-order valence-corrected chi connectivity index (χ1v) is 9.90. The first kappa shape index (κ1) is 19.5. The molecule has 1 saturated heterocycles. The summed E-state index contributed by atoms with van der Waals surface area (Å²) < 4.78 is 14.0. The SMILES string of the molecule is O=C(CCCc1ccccc1)N1CCN(C(=O)c2cc(F)ccc2Br)CC1. The number of hydrogen-bond acceptors (Lipinski definition) is 2. The average Bonchev–Trinajstić information content (AvgIpc) is 2.70. The highest BCUT2D eigenvalue weighted by atomic mass is 79.9. The molecule has 1 aliphatic heterocycles. The largest absolute Gasteiger partial charge is 0.339 e. The van der Waals surface area contributed by atoms with Crippen molar-refractivity contribution in [2.75, 3.05) is 26.2 Å². The van der Waals surface area contributed by atoms with Gasteiger partial charge in [-0.1, -0.05) is 30.3 Å². The maximum Gasteiger partial charge on any atom is 0.255 e.